The topological polar surface area (TPSA) is 70.1 Å². The monoisotopic (exact) mass is 458 g/mol. The highest BCUT2D eigenvalue weighted by Gasteiger charge is 2.35. The summed E-state index contributed by atoms with van der Waals surface area (Å²) in [4.78, 5) is 28.6. The number of carbonyl (C=O) groups excluding carboxylic acids is 1. The number of carboxylic acid groups (broad SMARTS) is 1. The first kappa shape index (κ1) is 24.1. The fraction of sp³-hybridized carbons (Fsp3) is 0.440. The molecule has 0 unspecified atom stereocenters. The molecule has 0 aromatic heterocycles. The van der Waals surface area contributed by atoms with Crippen LogP contribution in [0.2, 0.25) is 5.02 Å². The second-order valence-electron chi connectivity index (χ2n) is 9.36. The number of aliphatic carboxylic acids is 1. The van der Waals surface area contributed by atoms with E-state index in [1.165, 1.54) is 5.56 Å². The highest BCUT2D eigenvalue weighted by molar-refractivity contribution is 6.30. The molecule has 2 aromatic carbocycles. The Hall–Kier alpha value is -2.57. The summed E-state index contributed by atoms with van der Waals surface area (Å²) in [7, 11) is 1.79. The predicted molar refractivity (Wildman–Crippen MR) is 125 cm³/mol. The SMILES string of the molecule is CN(C[C@H]1Cc2ccccc2CN1C(=O)OC(C)(C)C)[C@H](Cc1ccc(Cl)cc1)C(=O)O. The first-order valence-electron chi connectivity index (χ1n) is 10.8. The molecule has 0 fully saturated rings. The largest absolute Gasteiger partial charge is 0.480 e. The average Bonchev–Trinajstić information content (AvgIpc) is 2.71. The van der Waals surface area contributed by atoms with Gasteiger partial charge in [-0.1, -0.05) is 48.0 Å². The Labute approximate surface area is 194 Å². The minimum Gasteiger partial charge on any atom is -0.480 e. The van der Waals surface area contributed by atoms with Crippen molar-refractivity contribution in [3.8, 4) is 0 Å². The summed E-state index contributed by atoms with van der Waals surface area (Å²) in [6.45, 7) is 6.39. The average molecular weight is 459 g/mol. The van der Waals surface area contributed by atoms with Gasteiger partial charge < -0.3 is 9.84 Å². The molecule has 32 heavy (non-hydrogen) atoms. The summed E-state index contributed by atoms with van der Waals surface area (Å²) in [5.74, 6) is -0.900. The van der Waals surface area contributed by atoms with Crippen LogP contribution in [0.4, 0.5) is 4.79 Å². The lowest BCUT2D eigenvalue weighted by molar-refractivity contribution is -0.143. The number of halogens is 1. The molecule has 1 heterocycles. The summed E-state index contributed by atoms with van der Waals surface area (Å²) in [5, 5.41) is 10.5. The van der Waals surface area contributed by atoms with Crippen LogP contribution in [0.1, 0.15) is 37.5 Å². The van der Waals surface area contributed by atoms with E-state index in [0.29, 0.717) is 31.0 Å². The minimum atomic E-state index is -0.900. The maximum Gasteiger partial charge on any atom is 0.410 e. The number of rotatable bonds is 6. The van der Waals surface area contributed by atoms with E-state index < -0.39 is 17.6 Å². The van der Waals surface area contributed by atoms with E-state index in [1.807, 2.05) is 56.0 Å². The van der Waals surface area contributed by atoms with E-state index in [4.69, 9.17) is 16.3 Å². The van der Waals surface area contributed by atoms with Crippen molar-refractivity contribution >= 4 is 23.7 Å². The molecule has 0 spiro atoms. The fourth-order valence-electron chi connectivity index (χ4n) is 4.02. The van der Waals surface area contributed by atoms with E-state index in [9.17, 15) is 14.7 Å². The van der Waals surface area contributed by atoms with Crippen molar-refractivity contribution in [2.45, 2.75) is 57.8 Å². The molecule has 6 nitrogen and oxygen atoms in total. The molecule has 172 valence electrons. The quantitative estimate of drug-likeness (QED) is 0.683. The van der Waals surface area contributed by atoms with Gasteiger partial charge in [0.25, 0.3) is 0 Å². The van der Waals surface area contributed by atoms with Gasteiger partial charge in [0, 0.05) is 18.1 Å². The second-order valence-corrected chi connectivity index (χ2v) is 9.80. The molecule has 7 heteroatoms. The summed E-state index contributed by atoms with van der Waals surface area (Å²) in [6.07, 6.45) is 0.612. The van der Waals surface area contributed by atoms with Crippen LogP contribution in [0, 0.1) is 0 Å². The molecule has 0 radical (unpaired) electrons. The van der Waals surface area contributed by atoms with Crippen LogP contribution in [-0.4, -0.2) is 58.2 Å². The van der Waals surface area contributed by atoms with Crippen LogP contribution < -0.4 is 0 Å². The van der Waals surface area contributed by atoms with E-state index in [0.717, 1.165) is 11.1 Å². The molecule has 2 atom stereocenters. The Morgan fingerprint density at radius 1 is 1.16 bits per heavy atom. The zero-order valence-electron chi connectivity index (χ0n) is 19.0. The van der Waals surface area contributed by atoms with Gasteiger partial charge in [-0.15, -0.1) is 0 Å². The van der Waals surface area contributed by atoms with Gasteiger partial charge >= 0.3 is 12.1 Å². The smallest absolute Gasteiger partial charge is 0.410 e. The Morgan fingerprint density at radius 3 is 2.38 bits per heavy atom. The van der Waals surface area contributed by atoms with Crippen LogP contribution in [-0.2, 0) is 28.9 Å². The van der Waals surface area contributed by atoms with Crippen molar-refractivity contribution in [3.05, 3.63) is 70.2 Å². The van der Waals surface area contributed by atoms with Crippen LogP contribution in [0.15, 0.2) is 48.5 Å². The number of ether oxygens (including phenoxy) is 1. The van der Waals surface area contributed by atoms with E-state index in [-0.39, 0.29) is 12.1 Å². The number of carboxylic acids is 1. The van der Waals surface area contributed by atoms with Gasteiger partial charge in [0.05, 0.1) is 6.04 Å². The zero-order valence-corrected chi connectivity index (χ0v) is 19.8. The van der Waals surface area contributed by atoms with Crippen LogP contribution in [0.3, 0.4) is 0 Å². The first-order valence-corrected chi connectivity index (χ1v) is 11.1. The molecule has 1 aliphatic rings. The van der Waals surface area contributed by atoms with Crippen molar-refractivity contribution < 1.29 is 19.4 Å². The molecule has 3 rings (SSSR count). The lowest BCUT2D eigenvalue weighted by Gasteiger charge is -2.40. The Balaban J connectivity index is 1.80. The summed E-state index contributed by atoms with van der Waals surface area (Å²) in [5.41, 5.74) is 2.55. The first-order chi connectivity index (χ1) is 15.0. The number of benzene rings is 2. The van der Waals surface area contributed by atoms with Crippen LogP contribution >= 0.6 is 11.6 Å². The van der Waals surface area contributed by atoms with Gasteiger partial charge in [-0.3, -0.25) is 14.6 Å². The minimum absolute atomic E-state index is 0.197. The van der Waals surface area contributed by atoms with Gasteiger partial charge in [-0.2, -0.15) is 0 Å². The van der Waals surface area contributed by atoms with Gasteiger partial charge in [-0.05, 0) is 69.5 Å². The third-order valence-corrected chi connectivity index (χ3v) is 5.89. The third-order valence-electron chi connectivity index (χ3n) is 5.64. The summed E-state index contributed by atoms with van der Waals surface area (Å²) >= 11 is 5.96. The van der Waals surface area contributed by atoms with Crippen molar-refractivity contribution in [2.75, 3.05) is 13.6 Å². The Morgan fingerprint density at radius 2 is 1.78 bits per heavy atom. The van der Waals surface area contributed by atoms with Crippen molar-refractivity contribution in [1.82, 2.24) is 9.80 Å². The molecule has 0 saturated heterocycles. The molecule has 2 aromatic rings. The molecule has 0 bridgehead atoms. The maximum atomic E-state index is 13.0. The number of fused-ring (bicyclic) bond motifs is 1. The van der Waals surface area contributed by atoms with Crippen molar-refractivity contribution in [3.63, 3.8) is 0 Å². The van der Waals surface area contributed by atoms with Crippen LogP contribution in [0.5, 0.6) is 0 Å². The van der Waals surface area contributed by atoms with E-state index in [1.54, 1.807) is 24.1 Å². The molecule has 0 aliphatic carbocycles. The molecule has 1 amide bonds. The van der Waals surface area contributed by atoms with E-state index in [2.05, 4.69) is 6.07 Å². The molecular weight excluding hydrogens is 428 g/mol. The Kier molecular flexibility index (Phi) is 7.47. The number of carbonyl (C=O) groups is 2. The third kappa shape index (κ3) is 6.24. The van der Waals surface area contributed by atoms with Gasteiger partial charge in [-0.25, -0.2) is 4.79 Å². The highest BCUT2D eigenvalue weighted by atomic mass is 35.5. The van der Waals surface area contributed by atoms with Gasteiger partial charge in [0.2, 0.25) is 0 Å². The number of amides is 1. The lowest BCUT2D eigenvalue weighted by Crippen LogP contribution is -2.53. The number of likely N-dealkylation sites (N-methyl/N-ethyl adjacent to an activating group) is 1. The van der Waals surface area contributed by atoms with Crippen molar-refractivity contribution in [2.24, 2.45) is 0 Å². The molecular formula is C25H31ClN2O4. The number of hydrogen-bond donors (Lipinski definition) is 1. The zero-order chi connectivity index (χ0) is 23.5. The van der Waals surface area contributed by atoms with Crippen LogP contribution in [0.25, 0.3) is 0 Å². The second kappa shape index (κ2) is 9.92. The highest BCUT2D eigenvalue weighted by Crippen LogP contribution is 2.26. The molecule has 1 aliphatic heterocycles. The predicted octanol–water partition coefficient (Wildman–Crippen LogP) is 4.63. The summed E-state index contributed by atoms with van der Waals surface area (Å²) < 4.78 is 5.66. The fourth-order valence-corrected chi connectivity index (χ4v) is 4.15. The number of hydrogen-bond acceptors (Lipinski definition) is 4. The lowest BCUT2D eigenvalue weighted by atomic mass is 9.93. The maximum absolute atomic E-state index is 13.0. The standard InChI is InChI=1S/C25H31ClN2O4/c1-25(2,3)32-24(31)28-15-19-8-6-5-7-18(19)14-21(28)16-27(4)22(23(29)30)13-17-9-11-20(26)12-10-17/h5-12,21-22H,13-16H2,1-4H3,(H,29,30)/t21-,22-/m1/s1. The normalized spacial score (nSPS) is 17.1. The van der Waals surface area contributed by atoms with Gasteiger partial charge in [0.1, 0.15) is 11.6 Å². The van der Waals surface area contributed by atoms with Gasteiger partial charge in [0.15, 0.2) is 0 Å². The molecule has 1 N–H and O–H groups in total. The van der Waals surface area contributed by atoms with Crippen molar-refractivity contribution in [1.29, 1.82) is 0 Å². The number of nitrogens with zero attached hydrogens (tertiary/aromatic N) is 2. The molecule has 0 saturated carbocycles. The summed E-state index contributed by atoms with van der Waals surface area (Å²) in [6, 6.07) is 14.3. The Bertz CT molecular complexity index is 955. The van der Waals surface area contributed by atoms with E-state index >= 15 is 0 Å².